The molecule has 0 aromatic heterocycles. The fourth-order valence-electron chi connectivity index (χ4n) is 5.84. The Morgan fingerprint density at radius 3 is 2.36 bits per heavy atom. The van der Waals surface area contributed by atoms with Gasteiger partial charge in [0.2, 0.25) is 0 Å². The Kier molecular flexibility index (Phi) is 4.87. The van der Waals surface area contributed by atoms with Gasteiger partial charge in [-0.1, -0.05) is 80.6 Å². The van der Waals surface area contributed by atoms with Crippen LogP contribution in [0.4, 0.5) is 5.69 Å². The minimum absolute atomic E-state index is 0.507. The van der Waals surface area contributed by atoms with Gasteiger partial charge in [-0.05, 0) is 88.0 Å². The van der Waals surface area contributed by atoms with Crippen molar-refractivity contribution in [1.29, 1.82) is 0 Å². The molecule has 33 heavy (non-hydrogen) atoms. The molecule has 1 heteroatoms. The average Bonchev–Trinajstić information content (AvgIpc) is 3.34. The van der Waals surface area contributed by atoms with E-state index in [4.69, 9.17) is 0 Å². The third kappa shape index (κ3) is 3.38. The molecule has 0 saturated heterocycles. The van der Waals surface area contributed by atoms with E-state index in [1.54, 1.807) is 0 Å². The van der Waals surface area contributed by atoms with Crippen molar-refractivity contribution < 1.29 is 0 Å². The Hall–Kier alpha value is -3.32. The average molecular weight is 430 g/mol. The second kappa shape index (κ2) is 7.92. The highest BCUT2D eigenvalue weighted by Gasteiger charge is 2.32. The van der Waals surface area contributed by atoms with Gasteiger partial charge in [0.15, 0.2) is 0 Å². The van der Waals surface area contributed by atoms with E-state index in [-0.39, 0.29) is 0 Å². The van der Waals surface area contributed by atoms with Gasteiger partial charge in [0.1, 0.15) is 0 Å². The van der Waals surface area contributed by atoms with Crippen molar-refractivity contribution in [2.24, 2.45) is 0 Å². The van der Waals surface area contributed by atoms with Crippen molar-refractivity contribution in [1.82, 2.24) is 0 Å². The van der Waals surface area contributed by atoms with Crippen LogP contribution in [-0.4, -0.2) is 6.04 Å². The van der Waals surface area contributed by atoms with Gasteiger partial charge in [-0.3, -0.25) is 0 Å². The van der Waals surface area contributed by atoms with Crippen molar-refractivity contribution in [3.63, 3.8) is 0 Å². The Balaban J connectivity index is 1.38. The number of para-hydroxylation sites is 1. The molecule has 164 valence electrons. The van der Waals surface area contributed by atoms with Crippen LogP contribution in [0.15, 0.2) is 84.9 Å². The lowest BCUT2D eigenvalue weighted by molar-refractivity contribution is 0.591. The van der Waals surface area contributed by atoms with Crippen LogP contribution >= 0.6 is 0 Å². The zero-order valence-corrected chi connectivity index (χ0v) is 19.8. The van der Waals surface area contributed by atoms with Crippen LogP contribution in [-0.2, 0) is 19.4 Å². The Morgan fingerprint density at radius 2 is 1.48 bits per heavy atom. The predicted octanol–water partition coefficient (Wildman–Crippen LogP) is 8.00. The van der Waals surface area contributed by atoms with Gasteiger partial charge >= 0.3 is 0 Å². The number of anilines is 1. The van der Waals surface area contributed by atoms with Crippen LogP contribution in [0.2, 0.25) is 0 Å². The maximum absolute atomic E-state index is 2.59. The molecule has 0 amide bonds. The van der Waals surface area contributed by atoms with Gasteiger partial charge in [-0.25, -0.2) is 0 Å². The normalized spacial score (nSPS) is 18.2. The minimum atomic E-state index is 0.507. The van der Waals surface area contributed by atoms with Crippen molar-refractivity contribution in [2.75, 3.05) is 4.90 Å². The molecule has 0 fully saturated rings. The van der Waals surface area contributed by atoms with Gasteiger partial charge in [0, 0.05) is 24.2 Å². The molecule has 4 aromatic carbocycles. The van der Waals surface area contributed by atoms with Gasteiger partial charge in [0.25, 0.3) is 0 Å². The molecule has 6 rings (SSSR count). The van der Waals surface area contributed by atoms with E-state index < -0.39 is 0 Å². The van der Waals surface area contributed by atoms with Crippen LogP contribution in [0.1, 0.15) is 54.5 Å². The summed E-state index contributed by atoms with van der Waals surface area (Å²) in [6.45, 7) is 7.95. The summed E-state index contributed by atoms with van der Waals surface area (Å²) in [5.74, 6) is 0.562. The molecule has 0 radical (unpaired) electrons. The van der Waals surface area contributed by atoms with Crippen LogP contribution in [0.3, 0.4) is 0 Å². The summed E-state index contributed by atoms with van der Waals surface area (Å²) in [5.41, 5.74) is 14.1. The summed E-state index contributed by atoms with van der Waals surface area (Å²) < 4.78 is 0. The molecule has 1 aliphatic heterocycles. The van der Waals surface area contributed by atoms with Crippen molar-refractivity contribution in [3.05, 3.63) is 113 Å². The SMILES string of the molecule is CCc1cc(CN2c3ccccc3C(C)[C@@H]2C)cc(-c2ccc3c(c2)-c2ccccc2C3)c1. The number of aryl methyl sites for hydroxylation is 1. The summed E-state index contributed by atoms with van der Waals surface area (Å²) in [7, 11) is 0. The first kappa shape index (κ1) is 20.3. The maximum atomic E-state index is 2.59. The monoisotopic (exact) mass is 429 g/mol. The van der Waals surface area contributed by atoms with E-state index in [0.29, 0.717) is 12.0 Å². The molecule has 0 bridgehead atoms. The van der Waals surface area contributed by atoms with Crippen LogP contribution in [0.5, 0.6) is 0 Å². The molecule has 4 aromatic rings. The standard InChI is InChI=1S/C32H31N/c1-4-23-15-24(20-33-22(3)21(2)29-10-7-8-12-32(29)33)17-28(16-23)25-13-14-27-18-26-9-5-6-11-30(26)31(27)19-25/h5-17,19,21-22H,4,18,20H2,1-3H3/t21?,22-/m0/s1. The van der Waals surface area contributed by atoms with Crippen molar-refractivity contribution >= 4 is 5.69 Å². The van der Waals surface area contributed by atoms with E-state index in [1.165, 1.54) is 55.8 Å². The Bertz CT molecular complexity index is 1350. The molecule has 1 aliphatic carbocycles. The lowest BCUT2D eigenvalue weighted by Gasteiger charge is -2.27. The molecule has 0 N–H and O–H groups in total. The minimum Gasteiger partial charge on any atom is -0.364 e. The quantitative estimate of drug-likeness (QED) is 0.280. The first-order chi connectivity index (χ1) is 16.1. The summed E-state index contributed by atoms with van der Waals surface area (Å²) in [5, 5.41) is 0. The van der Waals surface area contributed by atoms with Crippen molar-refractivity contribution in [3.8, 4) is 22.3 Å². The third-order valence-corrected chi connectivity index (χ3v) is 7.90. The number of fused-ring (bicyclic) bond motifs is 4. The van der Waals surface area contributed by atoms with Gasteiger partial charge in [-0.15, -0.1) is 0 Å². The smallest absolute Gasteiger partial charge is 0.0433 e. The molecule has 1 nitrogen and oxygen atoms in total. The summed E-state index contributed by atoms with van der Waals surface area (Å²) >= 11 is 0. The lowest BCUT2D eigenvalue weighted by atomic mass is 9.95. The molecular formula is C32H31N. The molecule has 0 saturated carbocycles. The van der Waals surface area contributed by atoms with Crippen LogP contribution in [0, 0.1) is 0 Å². The largest absolute Gasteiger partial charge is 0.364 e. The molecule has 2 atom stereocenters. The number of rotatable bonds is 4. The number of hydrogen-bond acceptors (Lipinski definition) is 1. The van der Waals surface area contributed by atoms with E-state index in [1.807, 2.05) is 0 Å². The van der Waals surface area contributed by atoms with E-state index >= 15 is 0 Å². The van der Waals surface area contributed by atoms with Crippen LogP contribution < -0.4 is 4.90 Å². The van der Waals surface area contributed by atoms with Gasteiger partial charge < -0.3 is 4.90 Å². The summed E-state index contributed by atoms with van der Waals surface area (Å²) in [6, 6.07) is 32.6. The van der Waals surface area contributed by atoms with Crippen LogP contribution in [0.25, 0.3) is 22.3 Å². The first-order valence-corrected chi connectivity index (χ1v) is 12.3. The molecular weight excluding hydrogens is 398 g/mol. The zero-order valence-electron chi connectivity index (χ0n) is 19.8. The molecule has 1 heterocycles. The lowest BCUT2D eigenvalue weighted by Crippen LogP contribution is -2.30. The van der Waals surface area contributed by atoms with Crippen molar-refractivity contribution in [2.45, 2.75) is 52.1 Å². The zero-order chi connectivity index (χ0) is 22.5. The Morgan fingerprint density at radius 1 is 0.727 bits per heavy atom. The maximum Gasteiger partial charge on any atom is 0.0433 e. The number of benzene rings is 4. The Labute approximate surface area is 197 Å². The molecule has 1 unspecified atom stereocenters. The second-order valence-electron chi connectivity index (χ2n) is 9.81. The highest BCUT2D eigenvalue weighted by molar-refractivity contribution is 5.81. The third-order valence-electron chi connectivity index (χ3n) is 7.90. The molecule has 0 spiro atoms. The van der Waals surface area contributed by atoms with E-state index in [2.05, 4.69) is 111 Å². The number of nitrogens with zero attached hydrogens (tertiary/aromatic N) is 1. The predicted molar refractivity (Wildman–Crippen MR) is 140 cm³/mol. The van der Waals surface area contributed by atoms with E-state index in [0.717, 1.165) is 19.4 Å². The second-order valence-corrected chi connectivity index (χ2v) is 9.81. The number of hydrogen-bond donors (Lipinski definition) is 0. The van der Waals surface area contributed by atoms with Gasteiger partial charge in [0.05, 0.1) is 0 Å². The fraction of sp³-hybridized carbons (Fsp3) is 0.250. The van der Waals surface area contributed by atoms with Gasteiger partial charge in [-0.2, -0.15) is 0 Å². The summed E-state index contributed by atoms with van der Waals surface area (Å²) in [4.78, 5) is 2.59. The molecule has 2 aliphatic rings. The first-order valence-electron chi connectivity index (χ1n) is 12.3. The summed E-state index contributed by atoms with van der Waals surface area (Å²) in [6.07, 6.45) is 2.10. The highest BCUT2D eigenvalue weighted by atomic mass is 15.2. The fourth-order valence-corrected chi connectivity index (χ4v) is 5.84. The highest BCUT2D eigenvalue weighted by Crippen LogP contribution is 2.42. The van der Waals surface area contributed by atoms with E-state index in [9.17, 15) is 0 Å². The topological polar surface area (TPSA) is 3.24 Å².